The minimum Gasteiger partial charge on any atom is -0.381 e. The third-order valence-corrected chi connectivity index (χ3v) is 4.42. The van der Waals surface area contributed by atoms with Crippen LogP contribution in [0.2, 0.25) is 0 Å². The molecule has 6 heteroatoms. The Labute approximate surface area is 91.6 Å². The van der Waals surface area contributed by atoms with E-state index in [0.717, 1.165) is 12.8 Å². The maximum atomic E-state index is 11.8. The van der Waals surface area contributed by atoms with Gasteiger partial charge in [0.15, 0.2) is 0 Å². The van der Waals surface area contributed by atoms with Crippen molar-refractivity contribution in [3.05, 3.63) is 0 Å². The lowest BCUT2D eigenvalue weighted by Crippen LogP contribution is -2.44. The standard InChI is InChI=1S/C9H20N2O3S/c1-2-14-7-8-15(12,13)11-5-3-9(10)4-6-11/h9H,2-8,10H2,1H3. The fourth-order valence-corrected chi connectivity index (χ4v) is 2.95. The second-order valence-electron chi connectivity index (χ2n) is 3.75. The highest BCUT2D eigenvalue weighted by molar-refractivity contribution is 7.89. The summed E-state index contributed by atoms with van der Waals surface area (Å²) < 4.78 is 30.1. The Morgan fingerprint density at radius 3 is 2.53 bits per heavy atom. The lowest BCUT2D eigenvalue weighted by atomic mass is 10.1. The summed E-state index contributed by atoms with van der Waals surface area (Å²) in [5.41, 5.74) is 5.72. The van der Waals surface area contributed by atoms with E-state index in [1.165, 1.54) is 4.31 Å². The van der Waals surface area contributed by atoms with Gasteiger partial charge in [0, 0.05) is 25.7 Å². The summed E-state index contributed by atoms with van der Waals surface area (Å²) in [6, 6.07) is 0.156. The van der Waals surface area contributed by atoms with Gasteiger partial charge in [-0.25, -0.2) is 12.7 Å². The van der Waals surface area contributed by atoms with E-state index in [2.05, 4.69) is 0 Å². The number of ether oxygens (including phenoxy) is 1. The van der Waals surface area contributed by atoms with Crippen LogP contribution in [0.15, 0.2) is 0 Å². The number of nitrogens with zero attached hydrogens (tertiary/aromatic N) is 1. The van der Waals surface area contributed by atoms with Gasteiger partial charge in [-0.3, -0.25) is 0 Å². The molecule has 1 fully saturated rings. The lowest BCUT2D eigenvalue weighted by molar-refractivity contribution is 0.162. The normalized spacial score (nSPS) is 20.7. The number of piperidine rings is 1. The first-order chi connectivity index (χ1) is 7.06. The van der Waals surface area contributed by atoms with Gasteiger partial charge in [0.2, 0.25) is 10.0 Å². The van der Waals surface area contributed by atoms with Crippen molar-refractivity contribution in [3.8, 4) is 0 Å². The maximum absolute atomic E-state index is 11.8. The van der Waals surface area contributed by atoms with Gasteiger partial charge in [-0.15, -0.1) is 0 Å². The van der Waals surface area contributed by atoms with Crippen molar-refractivity contribution in [2.45, 2.75) is 25.8 Å². The minimum absolute atomic E-state index is 0.0794. The van der Waals surface area contributed by atoms with Gasteiger partial charge in [-0.2, -0.15) is 0 Å². The topological polar surface area (TPSA) is 72.6 Å². The van der Waals surface area contributed by atoms with Gasteiger partial charge in [0.25, 0.3) is 0 Å². The number of rotatable bonds is 5. The molecule has 0 radical (unpaired) electrons. The molecule has 1 aliphatic heterocycles. The van der Waals surface area contributed by atoms with Crippen LogP contribution in [-0.4, -0.2) is 50.8 Å². The Morgan fingerprint density at radius 1 is 1.40 bits per heavy atom. The molecule has 0 unspecified atom stereocenters. The summed E-state index contributed by atoms with van der Waals surface area (Å²) in [5.74, 6) is 0.0794. The van der Waals surface area contributed by atoms with Crippen LogP contribution in [0.4, 0.5) is 0 Å². The van der Waals surface area contributed by atoms with Crippen LogP contribution < -0.4 is 5.73 Å². The number of sulfonamides is 1. The molecule has 0 aromatic carbocycles. The SMILES string of the molecule is CCOCCS(=O)(=O)N1CCC(N)CC1. The highest BCUT2D eigenvalue weighted by Crippen LogP contribution is 2.12. The van der Waals surface area contributed by atoms with Crippen molar-refractivity contribution in [1.29, 1.82) is 0 Å². The second kappa shape index (κ2) is 5.79. The molecule has 0 aliphatic carbocycles. The molecule has 0 aromatic rings. The second-order valence-corrected chi connectivity index (χ2v) is 5.84. The number of hydrogen-bond donors (Lipinski definition) is 1. The van der Waals surface area contributed by atoms with Gasteiger partial charge in [0.05, 0.1) is 12.4 Å². The molecule has 1 rings (SSSR count). The Balaban J connectivity index is 2.40. The molecule has 2 N–H and O–H groups in total. The first-order valence-corrected chi connectivity index (χ1v) is 6.98. The highest BCUT2D eigenvalue weighted by Gasteiger charge is 2.25. The molecule has 0 atom stereocenters. The molecule has 0 saturated carbocycles. The van der Waals surface area contributed by atoms with Crippen LogP contribution in [0.1, 0.15) is 19.8 Å². The zero-order valence-electron chi connectivity index (χ0n) is 9.18. The van der Waals surface area contributed by atoms with Gasteiger partial charge in [-0.05, 0) is 19.8 Å². The van der Waals surface area contributed by atoms with E-state index in [9.17, 15) is 8.42 Å². The lowest BCUT2D eigenvalue weighted by Gasteiger charge is -2.29. The summed E-state index contributed by atoms with van der Waals surface area (Å²) >= 11 is 0. The average Bonchev–Trinajstić information content (AvgIpc) is 2.18. The van der Waals surface area contributed by atoms with E-state index in [0.29, 0.717) is 19.7 Å². The summed E-state index contributed by atoms with van der Waals surface area (Å²) in [6.07, 6.45) is 1.52. The number of hydrogen-bond acceptors (Lipinski definition) is 4. The molecular weight excluding hydrogens is 216 g/mol. The third-order valence-electron chi connectivity index (χ3n) is 2.58. The summed E-state index contributed by atoms with van der Waals surface area (Å²) in [5, 5.41) is 0. The molecular formula is C9H20N2O3S. The van der Waals surface area contributed by atoms with E-state index in [-0.39, 0.29) is 18.4 Å². The smallest absolute Gasteiger partial charge is 0.216 e. The van der Waals surface area contributed by atoms with Crippen molar-refractivity contribution in [3.63, 3.8) is 0 Å². The third kappa shape index (κ3) is 4.06. The Hall–Kier alpha value is -0.170. The van der Waals surface area contributed by atoms with Crippen molar-refractivity contribution in [2.75, 3.05) is 32.1 Å². The van der Waals surface area contributed by atoms with Crippen molar-refractivity contribution in [2.24, 2.45) is 5.73 Å². The van der Waals surface area contributed by atoms with E-state index in [1.54, 1.807) is 0 Å². The van der Waals surface area contributed by atoms with E-state index in [1.807, 2.05) is 6.92 Å². The fourth-order valence-electron chi connectivity index (χ4n) is 1.59. The highest BCUT2D eigenvalue weighted by atomic mass is 32.2. The average molecular weight is 236 g/mol. The number of nitrogens with two attached hydrogens (primary N) is 1. The summed E-state index contributed by atoms with van der Waals surface area (Å²) in [7, 11) is -3.13. The minimum atomic E-state index is -3.13. The maximum Gasteiger partial charge on any atom is 0.216 e. The van der Waals surface area contributed by atoms with Crippen molar-refractivity contribution < 1.29 is 13.2 Å². The first-order valence-electron chi connectivity index (χ1n) is 5.37. The molecule has 0 aromatic heterocycles. The van der Waals surface area contributed by atoms with Crippen LogP contribution in [-0.2, 0) is 14.8 Å². The summed E-state index contributed by atoms with van der Waals surface area (Å²) in [6.45, 7) is 3.79. The zero-order chi connectivity index (χ0) is 11.3. The Morgan fingerprint density at radius 2 is 2.00 bits per heavy atom. The molecule has 0 amide bonds. The first kappa shape index (κ1) is 12.9. The molecule has 90 valence electrons. The van der Waals surface area contributed by atoms with Gasteiger partial charge < -0.3 is 10.5 Å². The van der Waals surface area contributed by atoms with E-state index < -0.39 is 10.0 Å². The predicted octanol–water partition coefficient (Wildman–Crippen LogP) is -0.224. The quantitative estimate of drug-likeness (QED) is 0.670. The monoisotopic (exact) mass is 236 g/mol. The van der Waals surface area contributed by atoms with Crippen LogP contribution >= 0.6 is 0 Å². The molecule has 1 heterocycles. The predicted molar refractivity (Wildman–Crippen MR) is 59.1 cm³/mol. The van der Waals surface area contributed by atoms with Crippen LogP contribution in [0.5, 0.6) is 0 Å². The largest absolute Gasteiger partial charge is 0.381 e. The van der Waals surface area contributed by atoms with Crippen LogP contribution in [0.3, 0.4) is 0 Å². The Kier molecular flexibility index (Phi) is 4.98. The van der Waals surface area contributed by atoms with Crippen LogP contribution in [0, 0.1) is 0 Å². The van der Waals surface area contributed by atoms with Crippen molar-refractivity contribution >= 4 is 10.0 Å². The van der Waals surface area contributed by atoms with Gasteiger partial charge >= 0.3 is 0 Å². The molecule has 0 spiro atoms. The van der Waals surface area contributed by atoms with E-state index in [4.69, 9.17) is 10.5 Å². The van der Waals surface area contributed by atoms with Gasteiger partial charge in [-0.1, -0.05) is 0 Å². The van der Waals surface area contributed by atoms with Gasteiger partial charge in [0.1, 0.15) is 0 Å². The molecule has 1 aliphatic rings. The van der Waals surface area contributed by atoms with Crippen molar-refractivity contribution in [1.82, 2.24) is 4.31 Å². The summed E-state index contributed by atoms with van der Waals surface area (Å²) in [4.78, 5) is 0. The molecule has 5 nitrogen and oxygen atoms in total. The Bertz CT molecular complexity index is 271. The molecule has 0 bridgehead atoms. The van der Waals surface area contributed by atoms with E-state index >= 15 is 0 Å². The molecule has 15 heavy (non-hydrogen) atoms. The fraction of sp³-hybridized carbons (Fsp3) is 1.00. The van der Waals surface area contributed by atoms with Crippen LogP contribution in [0.25, 0.3) is 0 Å². The molecule has 1 saturated heterocycles. The zero-order valence-corrected chi connectivity index (χ0v) is 10.0.